The van der Waals surface area contributed by atoms with Crippen LogP contribution in [0.15, 0.2) is 0 Å². The standard InChI is InChI=1S/C12H24F2N2O3/c1-6-12(7-15-5,8(17)9(13)14)16-10(18)19-11(2,3)4/h8-9,15,17H,6-7H2,1-5H3,(H,16,18). The van der Waals surface area contributed by atoms with Crippen LogP contribution in [0.3, 0.4) is 0 Å². The molecule has 0 rings (SSSR count). The van der Waals surface area contributed by atoms with Gasteiger partial charge in [-0.2, -0.15) is 0 Å². The quantitative estimate of drug-likeness (QED) is 0.690. The minimum atomic E-state index is -2.96. The SMILES string of the molecule is CCC(CNC)(NC(=O)OC(C)(C)C)C(O)C(F)F. The van der Waals surface area contributed by atoms with Crippen LogP contribution in [0.2, 0.25) is 0 Å². The molecule has 0 saturated heterocycles. The van der Waals surface area contributed by atoms with Gasteiger partial charge in [-0.3, -0.25) is 0 Å². The lowest BCUT2D eigenvalue weighted by Gasteiger charge is -2.38. The van der Waals surface area contributed by atoms with Crippen molar-refractivity contribution in [3.8, 4) is 0 Å². The van der Waals surface area contributed by atoms with Crippen molar-refractivity contribution in [2.75, 3.05) is 13.6 Å². The van der Waals surface area contributed by atoms with E-state index in [4.69, 9.17) is 4.74 Å². The van der Waals surface area contributed by atoms with Crippen molar-refractivity contribution in [3.63, 3.8) is 0 Å². The van der Waals surface area contributed by atoms with Crippen LogP contribution in [0.1, 0.15) is 34.1 Å². The van der Waals surface area contributed by atoms with Gasteiger partial charge in [-0.15, -0.1) is 0 Å². The molecule has 0 heterocycles. The topological polar surface area (TPSA) is 70.6 Å². The molecule has 7 heteroatoms. The molecule has 5 nitrogen and oxygen atoms in total. The average molecular weight is 282 g/mol. The van der Waals surface area contributed by atoms with E-state index in [9.17, 15) is 18.7 Å². The van der Waals surface area contributed by atoms with Gasteiger partial charge in [0.2, 0.25) is 0 Å². The number of amides is 1. The van der Waals surface area contributed by atoms with Crippen molar-refractivity contribution >= 4 is 6.09 Å². The highest BCUT2D eigenvalue weighted by Gasteiger charge is 2.43. The van der Waals surface area contributed by atoms with E-state index in [0.29, 0.717) is 0 Å². The first kappa shape index (κ1) is 18.0. The number of aliphatic hydroxyl groups is 1. The van der Waals surface area contributed by atoms with Crippen molar-refractivity contribution in [1.29, 1.82) is 0 Å². The average Bonchev–Trinajstić information content (AvgIpc) is 2.24. The number of hydrogen-bond acceptors (Lipinski definition) is 4. The van der Waals surface area contributed by atoms with Crippen LogP contribution in [-0.4, -0.2) is 48.5 Å². The minimum absolute atomic E-state index is 0.00818. The summed E-state index contributed by atoms with van der Waals surface area (Å²) in [6.45, 7) is 6.63. The molecule has 0 aliphatic rings. The van der Waals surface area contributed by atoms with E-state index in [0.717, 1.165) is 0 Å². The summed E-state index contributed by atoms with van der Waals surface area (Å²) in [5.74, 6) is 0. The Morgan fingerprint density at radius 2 is 1.89 bits per heavy atom. The number of halogens is 2. The molecule has 2 atom stereocenters. The predicted molar refractivity (Wildman–Crippen MR) is 68.3 cm³/mol. The summed E-state index contributed by atoms with van der Waals surface area (Å²) in [6.07, 6.45) is -5.62. The van der Waals surface area contributed by atoms with E-state index in [1.54, 1.807) is 34.7 Å². The third-order valence-corrected chi connectivity index (χ3v) is 2.68. The molecular formula is C12H24F2N2O3. The van der Waals surface area contributed by atoms with Crippen LogP contribution in [0.25, 0.3) is 0 Å². The lowest BCUT2D eigenvalue weighted by molar-refractivity contribution is -0.0632. The first-order valence-electron chi connectivity index (χ1n) is 6.20. The smallest absolute Gasteiger partial charge is 0.408 e. The first-order valence-corrected chi connectivity index (χ1v) is 6.20. The third kappa shape index (κ3) is 5.69. The zero-order valence-corrected chi connectivity index (χ0v) is 12.1. The number of carbonyl (C=O) groups is 1. The number of carbonyl (C=O) groups excluding carboxylic acids is 1. The van der Waals surface area contributed by atoms with Gasteiger partial charge in [-0.05, 0) is 34.2 Å². The number of ether oxygens (including phenoxy) is 1. The highest BCUT2D eigenvalue weighted by atomic mass is 19.3. The second kappa shape index (κ2) is 7.00. The molecule has 0 radical (unpaired) electrons. The number of aliphatic hydroxyl groups excluding tert-OH is 1. The van der Waals surface area contributed by atoms with Gasteiger partial charge in [0.15, 0.2) is 0 Å². The van der Waals surface area contributed by atoms with Gasteiger partial charge < -0.3 is 20.5 Å². The Bertz CT molecular complexity index is 295. The van der Waals surface area contributed by atoms with Crippen molar-refractivity contribution in [2.45, 2.75) is 57.8 Å². The van der Waals surface area contributed by atoms with Gasteiger partial charge in [0.25, 0.3) is 6.43 Å². The second-order valence-electron chi connectivity index (χ2n) is 5.45. The number of rotatable bonds is 6. The molecule has 0 aromatic carbocycles. The zero-order valence-electron chi connectivity index (χ0n) is 12.1. The fraction of sp³-hybridized carbons (Fsp3) is 0.917. The summed E-state index contributed by atoms with van der Waals surface area (Å²) in [4.78, 5) is 11.7. The van der Waals surface area contributed by atoms with E-state index in [1.807, 2.05) is 0 Å². The van der Waals surface area contributed by atoms with Gasteiger partial charge in [0.05, 0.1) is 5.54 Å². The fourth-order valence-electron chi connectivity index (χ4n) is 1.71. The van der Waals surface area contributed by atoms with Crippen LogP contribution >= 0.6 is 0 Å². The maximum Gasteiger partial charge on any atom is 0.408 e. The number of nitrogens with one attached hydrogen (secondary N) is 2. The molecule has 0 spiro atoms. The molecule has 0 saturated carbocycles. The Morgan fingerprint density at radius 3 is 2.21 bits per heavy atom. The molecule has 1 amide bonds. The molecule has 19 heavy (non-hydrogen) atoms. The number of hydrogen-bond donors (Lipinski definition) is 3. The lowest BCUT2D eigenvalue weighted by Crippen LogP contribution is -2.63. The molecule has 114 valence electrons. The largest absolute Gasteiger partial charge is 0.444 e. The first-order chi connectivity index (χ1) is 8.58. The van der Waals surface area contributed by atoms with Crippen LogP contribution in [0.4, 0.5) is 13.6 Å². The van der Waals surface area contributed by atoms with Crippen molar-refractivity contribution < 1.29 is 23.4 Å². The fourth-order valence-corrected chi connectivity index (χ4v) is 1.71. The Morgan fingerprint density at radius 1 is 1.37 bits per heavy atom. The molecule has 0 bridgehead atoms. The second-order valence-corrected chi connectivity index (χ2v) is 5.45. The van der Waals surface area contributed by atoms with Gasteiger partial charge >= 0.3 is 6.09 Å². The minimum Gasteiger partial charge on any atom is -0.444 e. The van der Waals surface area contributed by atoms with Crippen molar-refractivity contribution in [1.82, 2.24) is 10.6 Å². The highest BCUT2D eigenvalue weighted by Crippen LogP contribution is 2.21. The lowest BCUT2D eigenvalue weighted by atomic mass is 9.89. The van der Waals surface area contributed by atoms with E-state index < -0.39 is 29.8 Å². The zero-order chi connectivity index (χ0) is 15.3. The summed E-state index contributed by atoms with van der Waals surface area (Å²) in [5.41, 5.74) is -2.20. The third-order valence-electron chi connectivity index (χ3n) is 2.68. The van der Waals surface area contributed by atoms with Crippen molar-refractivity contribution in [3.05, 3.63) is 0 Å². The summed E-state index contributed by atoms with van der Waals surface area (Å²) in [6, 6.07) is 0. The summed E-state index contributed by atoms with van der Waals surface area (Å²) in [5, 5.41) is 14.7. The summed E-state index contributed by atoms with van der Waals surface area (Å²) < 4.78 is 30.5. The van der Waals surface area contributed by atoms with Gasteiger partial charge in [0.1, 0.15) is 11.7 Å². The molecule has 0 aliphatic carbocycles. The maximum atomic E-state index is 12.8. The molecular weight excluding hydrogens is 258 g/mol. The Kier molecular flexibility index (Phi) is 6.65. The molecule has 0 aromatic rings. The predicted octanol–water partition coefficient (Wildman–Crippen LogP) is 1.51. The van der Waals surface area contributed by atoms with Crippen LogP contribution < -0.4 is 10.6 Å². The van der Waals surface area contributed by atoms with Crippen molar-refractivity contribution in [2.24, 2.45) is 0 Å². The summed E-state index contributed by atoms with van der Waals surface area (Å²) in [7, 11) is 1.55. The summed E-state index contributed by atoms with van der Waals surface area (Å²) >= 11 is 0. The Balaban J connectivity index is 5.00. The molecule has 0 fully saturated rings. The highest BCUT2D eigenvalue weighted by molar-refractivity contribution is 5.69. The van der Waals surface area contributed by atoms with Gasteiger partial charge in [-0.25, -0.2) is 13.6 Å². The van der Waals surface area contributed by atoms with E-state index in [-0.39, 0.29) is 13.0 Å². The molecule has 2 unspecified atom stereocenters. The monoisotopic (exact) mass is 282 g/mol. The number of alkyl carbamates (subject to hydrolysis) is 1. The van der Waals surface area contributed by atoms with Gasteiger partial charge in [0, 0.05) is 6.54 Å². The normalized spacial score (nSPS) is 16.9. The molecule has 3 N–H and O–H groups in total. The maximum absolute atomic E-state index is 12.8. The van der Waals surface area contributed by atoms with E-state index in [1.165, 1.54) is 0 Å². The molecule has 0 aliphatic heterocycles. The van der Waals surface area contributed by atoms with Gasteiger partial charge in [-0.1, -0.05) is 6.92 Å². The van der Waals surface area contributed by atoms with E-state index in [2.05, 4.69) is 10.6 Å². The van der Waals surface area contributed by atoms with E-state index >= 15 is 0 Å². The number of alkyl halides is 2. The van der Waals surface area contributed by atoms with Crippen LogP contribution in [0, 0.1) is 0 Å². The Hall–Kier alpha value is -0.950. The molecule has 0 aromatic heterocycles. The Labute approximate surface area is 112 Å². The van der Waals surface area contributed by atoms with Crippen LogP contribution in [-0.2, 0) is 4.74 Å². The number of likely N-dealkylation sites (N-methyl/N-ethyl adjacent to an activating group) is 1. The van der Waals surface area contributed by atoms with Crippen LogP contribution in [0.5, 0.6) is 0 Å².